The molecule has 0 aliphatic carbocycles. The molecule has 2 aromatic rings. The molecule has 1 atom stereocenters. The predicted octanol–water partition coefficient (Wildman–Crippen LogP) is 3.84. The zero-order valence-electron chi connectivity index (χ0n) is 15.4. The van der Waals surface area contributed by atoms with Gasteiger partial charge in [-0.25, -0.2) is 17.5 Å². The van der Waals surface area contributed by atoms with Gasteiger partial charge in [0, 0.05) is 5.56 Å². The largest absolute Gasteiger partial charge is 0.458 e. The van der Waals surface area contributed by atoms with Crippen molar-refractivity contribution in [3.8, 4) is 0 Å². The van der Waals surface area contributed by atoms with Crippen molar-refractivity contribution in [1.29, 1.82) is 0 Å². The number of ether oxygens (including phenoxy) is 1. The van der Waals surface area contributed by atoms with Gasteiger partial charge in [0.2, 0.25) is 0 Å². The summed E-state index contributed by atoms with van der Waals surface area (Å²) >= 11 is 0. The van der Waals surface area contributed by atoms with E-state index in [-0.39, 0.29) is 4.90 Å². The average Bonchev–Trinajstić information content (AvgIpc) is 2.81. The Kier molecular flexibility index (Phi) is 4.56. The number of carbonyl (C=O) groups excluding carboxylic acids is 1. The normalized spacial score (nSPS) is 18.5. The number of nitrogens with zero attached hydrogens (tertiary/aromatic N) is 1. The molecule has 1 unspecified atom stereocenters. The van der Waals surface area contributed by atoms with Crippen molar-refractivity contribution in [2.24, 2.45) is 0 Å². The predicted molar refractivity (Wildman–Crippen MR) is 101 cm³/mol. The lowest BCUT2D eigenvalue weighted by atomic mass is 10.1. The van der Waals surface area contributed by atoms with Crippen molar-refractivity contribution in [3.05, 3.63) is 59.7 Å². The zero-order valence-corrected chi connectivity index (χ0v) is 16.2. The summed E-state index contributed by atoms with van der Waals surface area (Å²) in [5.74, 6) is -0.578. The first kappa shape index (κ1) is 18.5. The minimum absolute atomic E-state index is 0.149. The summed E-state index contributed by atoms with van der Waals surface area (Å²) in [5.41, 5.74) is 1.28. The van der Waals surface area contributed by atoms with Crippen molar-refractivity contribution in [3.63, 3.8) is 0 Å². The maximum absolute atomic E-state index is 13.1. The zero-order chi connectivity index (χ0) is 19.1. The van der Waals surface area contributed by atoms with Crippen LogP contribution in [0, 0.1) is 0 Å². The van der Waals surface area contributed by atoms with Crippen LogP contribution in [-0.4, -0.2) is 20.0 Å². The molecule has 1 aliphatic rings. The number of fused-ring (bicyclic) bond motifs is 1. The third-order valence-corrected chi connectivity index (χ3v) is 6.08. The number of aryl methyl sites for hydroxylation is 1. The van der Waals surface area contributed by atoms with Crippen LogP contribution in [0.3, 0.4) is 0 Å². The molecule has 26 heavy (non-hydrogen) atoms. The fraction of sp³-hybridized carbons (Fsp3) is 0.350. The number of carbonyl (C=O) groups is 1. The molecule has 2 aromatic carbocycles. The highest BCUT2D eigenvalue weighted by Gasteiger charge is 2.47. The number of benzene rings is 2. The van der Waals surface area contributed by atoms with Gasteiger partial charge in [-0.3, -0.25) is 0 Å². The summed E-state index contributed by atoms with van der Waals surface area (Å²) in [5, 5.41) is 0. The second kappa shape index (κ2) is 6.43. The van der Waals surface area contributed by atoms with Gasteiger partial charge in [-0.05, 0) is 51.0 Å². The molecule has 3 rings (SSSR count). The first-order chi connectivity index (χ1) is 12.1. The van der Waals surface area contributed by atoms with Gasteiger partial charge >= 0.3 is 5.97 Å². The fourth-order valence-electron chi connectivity index (χ4n) is 3.06. The Hall–Kier alpha value is -2.34. The minimum atomic E-state index is -3.84. The fourth-order valence-corrected chi connectivity index (χ4v) is 4.88. The van der Waals surface area contributed by atoms with E-state index in [0.29, 0.717) is 11.3 Å². The van der Waals surface area contributed by atoms with E-state index in [1.54, 1.807) is 51.1 Å². The number of hydrogen-bond donors (Lipinski definition) is 0. The number of hydrogen-bond acceptors (Lipinski definition) is 4. The first-order valence-corrected chi connectivity index (χ1v) is 10.0. The monoisotopic (exact) mass is 373 g/mol. The molecule has 0 saturated heterocycles. The van der Waals surface area contributed by atoms with Crippen LogP contribution in [0.5, 0.6) is 0 Å². The molecule has 0 radical (unpaired) electrons. The Morgan fingerprint density at radius 1 is 1.08 bits per heavy atom. The Labute approximate surface area is 154 Å². The van der Waals surface area contributed by atoms with Crippen LogP contribution in [0.2, 0.25) is 0 Å². The van der Waals surface area contributed by atoms with Crippen LogP contribution in [0.4, 0.5) is 5.69 Å². The van der Waals surface area contributed by atoms with Crippen LogP contribution in [0.1, 0.15) is 44.9 Å². The molecular formula is C20H23NO4S. The van der Waals surface area contributed by atoms with E-state index < -0.39 is 27.6 Å². The molecule has 0 bridgehead atoms. The molecule has 138 valence electrons. The molecule has 5 nitrogen and oxygen atoms in total. The van der Waals surface area contributed by atoms with Crippen LogP contribution in [-0.2, 0) is 26.0 Å². The van der Waals surface area contributed by atoms with Crippen molar-refractivity contribution < 1.29 is 17.9 Å². The second-order valence-corrected chi connectivity index (χ2v) is 9.08. The molecule has 0 aromatic heterocycles. The molecule has 0 N–H and O–H groups in total. The summed E-state index contributed by atoms with van der Waals surface area (Å²) in [6, 6.07) is 12.8. The van der Waals surface area contributed by atoms with E-state index in [1.165, 1.54) is 10.4 Å². The third-order valence-electron chi connectivity index (χ3n) is 4.21. The molecule has 6 heteroatoms. The number of anilines is 1. The van der Waals surface area contributed by atoms with E-state index in [9.17, 15) is 13.2 Å². The van der Waals surface area contributed by atoms with Crippen molar-refractivity contribution in [2.75, 3.05) is 4.31 Å². The molecule has 1 aliphatic heterocycles. The quantitative estimate of drug-likeness (QED) is 0.767. The van der Waals surface area contributed by atoms with E-state index in [2.05, 4.69) is 0 Å². The van der Waals surface area contributed by atoms with Gasteiger partial charge < -0.3 is 4.74 Å². The Morgan fingerprint density at radius 3 is 2.27 bits per heavy atom. The van der Waals surface area contributed by atoms with Gasteiger partial charge in [0.1, 0.15) is 5.60 Å². The highest BCUT2D eigenvalue weighted by atomic mass is 32.2. The molecule has 1 heterocycles. The average molecular weight is 373 g/mol. The van der Waals surface area contributed by atoms with Gasteiger partial charge in [0.15, 0.2) is 6.04 Å². The lowest BCUT2D eigenvalue weighted by molar-refractivity contribution is -0.156. The molecule has 0 amide bonds. The van der Waals surface area contributed by atoms with E-state index in [4.69, 9.17) is 4.74 Å². The van der Waals surface area contributed by atoms with Crippen LogP contribution < -0.4 is 4.31 Å². The highest BCUT2D eigenvalue weighted by Crippen LogP contribution is 2.43. The number of rotatable bonds is 3. The summed E-state index contributed by atoms with van der Waals surface area (Å²) in [4.78, 5) is 13.0. The van der Waals surface area contributed by atoms with E-state index >= 15 is 0 Å². The number of sulfonamides is 1. The summed E-state index contributed by atoms with van der Waals surface area (Å²) in [7, 11) is -3.84. The van der Waals surface area contributed by atoms with Gasteiger partial charge in [0.05, 0.1) is 10.6 Å². The third kappa shape index (κ3) is 3.21. The van der Waals surface area contributed by atoms with Gasteiger partial charge in [-0.1, -0.05) is 37.3 Å². The maximum Gasteiger partial charge on any atom is 0.335 e. The molecule has 0 fully saturated rings. The topological polar surface area (TPSA) is 63.7 Å². The van der Waals surface area contributed by atoms with Crippen LogP contribution >= 0.6 is 0 Å². The number of esters is 1. The summed E-state index contributed by atoms with van der Waals surface area (Å²) in [6.45, 7) is 7.32. The van der Waals surface area contributed by atoms with Gasteiger partial charge in [-0.15, -0.1) is 0 Å². The maximum atomic E-state index is 13.1. The van der Waals surface area contributed by atoms with Crippen LogP contribution in [0.15, 0.2) is 53.4 Å². The summed E-state index contributed by atoms with van der Waals surface area (Å²) < 4.78 is 33.0. The lowest BCUT2D eigenvalue weighted by Gasteiger charge is -2.28. The Bertz CT molecular complexity index is 927. The molecular weight excluding hydrogens is 350 g/mol. The molecule has 0 spiro atoms. The minimum Gasteiger partial charge on any atom is -0.458 e. The van der Waals surface area contributed by atoms with Gasteiger partial charge in [0.25, 0.3) is 10.0 Å². The summed E-state index contributed by atoms with van der Waals surface area (Å²) in [6.07, 6.45) is 0.850. The molecule has 0 saturated carbocycles. The Balaban J connectivity index is 2.14. The second-order valence-electron chi connectivity index (χ2n) is 7.29. The van der Waals surface area contributed by atoms with E-state index in [1.807, 2.05) is 19.1 Å². The van der Waals surface area contributed by atoms with Crippen molar-refractivity contribution in [2.45, 2.75) is 50.7 Å². The van der Waals surface area contributed by atoms with Gasteiger partial charge in [-0.2, -0.15) is 0 Å². The lowest BCUT2D eigenvalue weighted by Crippen LogP contribution is -2.37. The highest BCUT2D eigenvalue weighted by molar-refractivity contribution is 7.93. The first-order valence-electron chi connectivity index (χ1n) is 8.60. The van der Waals surface area contributed by atoms with E-state index in [0.717, 1.165) is 12.0 Å². The smallest absolute Gasteiger partial charge is 0.335 e. The standard InChI is InChI=1S/C20H23NO4S/c1-5-14-10-12-15(13-11-14)21-18(19(22)25-20(2,3)4)16-8-6-7-9-17(16)26(21,23)24/h6-13,18H,5H2,1-4H3. The van der Waals surface area contributed by atoms with Crippen LogP contribution in [0.25, 0.3) is 0 Å². The van der Waals surface area contributed by atoms with Crippen molar-refractivity contribution >= 4 is 21.7 Å². The SMILES string of the molecule is CCc1ccc(N2C(C(=O)OC(C)(C)C)c3ccccc3S2(=O)=O)cc1. The van der Waals surface area contributed by atoms with Crippen molar-refractivity contribution in [1.82, 2.24) is 0 Å². The Morgan fingerprint density at radius 2 is 1.69 bits per heavy atom.